The fraction of sp³-hybridized carbons (Fsp3) is 0.500. The number of aromatic nitrogens is 1. The number of anilines is 1. The van der Waals surface area contributed by atoms with Crippen molar-refractivity contribution in [1.29, 1.82) is 0 Å². The van der Waals surface area contributed by atoms with Gasteiger partial charge in [0.25, 0.3) is 5.69 Å². The largest absolute Gasteiger partial charge is 0.354 e. The molecule has 3 heterocycles. The molecule has 2 saturated heterocycles. The van der Waals surface area contributed by atoms with E-state index in [4.69, 9.17) is 11.6 Å². The highest BCUT2D eigenvalue weighted by molar-refractivity contribution is 6.29. The second-order valence-electron chi connectivity index (χ2n) is 5.02. The zero-order valence-corrected chi connectivity index (χ0v) is 11.3. The Morgan fingerprint density at radius 3 is 3.05 bits per heavy atom. The molecule has 7 nitrogen and oxygen atoms in total. The van der Waals surface area contributed by atoms with E-state index in [0.717, 1.165) is 19.4 Å². The number of halogens is 1. The van der Waals surface area contributed by atoms with E-state index >= 15 is 0 Å². The molecule has 20 heavy (non-hydrogen) atoms. The van der Waals surface area contributed by atoms with E-state index in [1.807, 2.05) is 4.90 Å². The van der Waals surface area contributed by atoms with Gasteiger partial charge in [0.15, 0.2) is 0 Å². The molecule has 8 heteroatoms. The van der Waals surface area contributed by atoms with E-state index < -0.39 is 4.92 Å². The summed E-state index contributed by atoms with van der Waals surface area (Å²) in [5, 5.41) is 13.8. The van der Waals surface area contributed by atoms with E-state index in [-0.39, 0.29) is 28.7 Å². The van der Waals surface area contributed by atoms with Crippen LogP contribution in [-0.4, -0.2) is 34.9 Å². The van der Waals surface area contributed by atoms with Crippen LogP contribution in [0.2, 0.25) is 5.15 Å². The minimum absolute atomic E-state index is 0.00169. The third-order valence-electron chi connectivity index (χ3n) is 3.87. The molecule has 1 N–H and O–H groups in total. The van der Waals surface area contributed by atoms with Crippen LogP contribution >= 0.6 is 11.6 Å². The van der Waals surface area contributed by atoms with E-state index in [0.29, 0.717) is 12.4 Å². The lowest BCUT2D eigenvalue weighted by Crippen LogP contribution is -2.46. The molecule has 2 aliphatic rings. The average molecular weight is 297 g/mol. The van der Waals surface area contributed by atoms with Gasteiger partial charge in [0, 0.05) is 13.1 Å². The van der Waals surface area contributed by atoms with Crippen LogP contribution in [0.3, 0.4) is 0 Å². The molecular formula is C12H13ClN4O3. The van der Waals surface area contributed by atoms with E-state index in [2.05, 4.69) is 10.3 Å². The van der Waals surface area contributed by atoms with Gasteiger partial charge in [0.1, 0.15) is 11.0 Å². The Labute approximate surface area is 120 Å². The van der Waals surface area contributed by atoms with Crippen molar-refractivity contribution in [3.8, 4) is 0 Å². The molecular weight excluding hydrogens is 284 g/mol. The summed E-state index contributed by atoms with van der Waals surface area (Å²) >= 11 is 5.86. The Balaban J connectivity index is 1.95. The van der Waals surface area contributed by atoms with Gasteiger partial charge in [-0.3, -0.25) is 14.9 Å². The molecule has 2 unspecified atom stereocenters. The Morgan fingerprint density at radius 2 is 2.30 bits per heavy atom. The molecule has 106 valence electrons. The standard InChI is InChI=1S/C12H13ClN4O3/c13-10-4-7(17(19)20)5-11(15-10)16-3-1-2-8-9(16)6-14-12(8)18/h4-5,8-9H,1-3,6H2,(H,14,18). The van der Waals surface area contributed by atoms with Gasteiger partial charge in [-0.15, -0.1) is 0 Å². The van der Waals surface area contributed by atoms with E-state index in [1.165, 1.54) is 12.1 Å². The summed E-state index contributed by atoms with van der Waals surface area (Å²) < 4.78 is 0. The van der Waals surface area contributed by atoms with Crippen LogP contribution in [0.5, 0.6) is 0 Å². The average Bonchev–Trinajstić information content (AvgIpc) is 2.80. The predicted octanol–water partition coefficient (Wildman–Crippen LogP) is 1.36. The van der Waals surface area contributed by atoms with Gasteiger partial charge >= 0.3 is 0 Å². The number of pyridine rings is 1. The molecule has 0 radical (unpaired) electrons. The Bertz CT molecular complexity index is 580. The number of carbonyl (C=O) groups is 1. The van der Waals surface area contributed by atoms with Crippen molar-refractivity contribution < 1.29 is 9.72 Å². The van der Waals surface area contributed by atoms with Crippen LogP contribution in [0.1, 0.15) is 12.8 Å². The summed E-state index contributed by atoms with van der Waals surface area (Å²) in [5.74, 6) is 0.454. The minimum Gasteiger partial charge on any atom is -0.354 e. The fourth-order valence-electron chi connectivity index (χ4n) is 2.96. The quantitative estimate of drug-likeness (QED) is 0.506. The molecule has 3 rings (SSSR count). The highest BCUT2D eigenvalue weighted by Gasteiger charge is 2.41. The van der Waals surface area contributed by atoms with Crippen molar-refractivity contribution in [3.63, 3.8) is 0 Å². The monoisotopic (exact) mass is 296 g/mol. The first-order chi connectivity index (χ1) is 9.56. The van der Waals surface area contributed by atoms with Crippen molar-refractivity contribution in [2.45, 2.75) is 18.9 Å². The fourth-order valence-corrected chi connectivity index (χ4v) is 3.16. The van der Waals surface area contributed by atoms with Crippen LogP contribution in [-0.2, 0) is 4.79 Å². The number of carbonyl (C=O) groups excluding carboxylic acids is 1. The number of rotatable bonds is 2. The third-order valence-corrected chi connectivity index (χ3v) is 4.07. The minimum atomic E-state index is -0.490. The Morgan fingerprint density at radius 1 is 1.50 bits per heavy atom. The molecule has 2 atom stereocenters. The van der Waals surface area contributed by atoms with Gasteiger partial charge < -0.3 is 10.2 Å². The molecule has 0 spiro atoms. The van der Waals surface area contributed by atoms with E-state index in [1.54, 1.807) is 0 Å². The zero-order valence-electron chi connectivity index (χ0n) is 10.6. The molecule has 0 aromatic carbocycles. The summed E-state index contributed by atoms with van der Waals surface area (Å²) in [6.07, 6.45) is 1.70. The van der Waals surface area contributed by atoms with Crippen LogP contribution < -0.4 is 10.2 Å². The molecule has 0 aliphatic carbocycles. The first-order valence-corrected chi connectivity index (χ1v) is 6.80. The molecule has 1 aromatic rings. The third kappa shape index (κ3) is 2.18. The number of hydrogen-bond donors (Lipinski definition) is 1. The number of amides is 1. The predicted molar refractivity (Wildman–Crippen MR) is 72.8 cm³/mol. The van der Waals surface area contributed by atoms with Crippen molar-refractivity contribution in [3.05, 3.63) is 27.4 Å². The first kappa shape index (κ1) is 13.1. The van der Waals surface area contributed by atoms with Gasteiger partial charge in [-0.25, -0.2) is 4.98 Å². The number of nitrogens with zero attached hydrogens (tertiary/aromatic N) is 3. The van der Waals surface area contributed by atoms with Crippen molar-refractivity contribution in [2.75, 3.05) is 18.0 Å². The lowest BCUT2D eigenvalue weighted by molar-refractivity contribution is -0.384. The molecule has 1 amide bonds. The number of nitro groups is 1. The van der Waals surface area contributed by atoms with E-state index in [9.17, 15) is 14.9 Å². The second-order valence-corrected chi connectivity index (χ2v) is 5.41. The Hall–Kier alpha value is -1.89. The number of nitrogens with one attached hydrogen (secondary N) is 1. The van der Waals surface area contributed by atoms with Gasteiger partial charge in [0.2, 0.25) is 5.91 Å². The summed E-state index contributed by atoms with van der Waals surface area (Å²) in [4.78, 5) is 28.3. The SMILES string of the molecule is O=C1NCC2C1CCCN2c1cc([N+](=O)[O-])cc(Cl)n1. The number of hydrogen-bond acceptors (Lipinski definition) is 5. The molecule has 2 fully saturated rings. The molecule has 0 bridgehead atoms. The summed E-state index contributed by atoms with van der Waals surface area (Å²) in [6.45, 7) is 1.27. The zero-order chi connectivity index (χ0) is 14.3. The van der Waals surface area contributed by atoms with Crippen molar-refractivity contribution >= 4 is 29.0 Å². The van der Waals surface area contributed by atoms with Gasteiger partial charge in [0.05, 0.1) is 29.0 Å². The first-order valence-electron chi connectivity index (χ1n) is 6.42. The topological polar surface area (TPSA) is 88.4 Å². The molecule has 0 saturated carbocycles. The summed E-state index contributed by atoms with van der Waals surface area (Å²) in [7, 11) is 0. The van der Waals surface area contributed by atoms with Gasteiger partial charge in [-0.1, -0.05) is 11.6 Å². The maximum atomic E-state index is 11.7. The maximum absolute atomic E-state index is 11.7. The highest BCUT2D eigenvalue weighted by Crippen LogP contribution is 2.32. The normalized spacial score (nSPS) is 25.2. The lowest BCUT2D eigenvalue weighted by Gasteiger charge is -2.36. The molecule has 2 aliphatic heterocycles. The Kier molecular flexibility index (Phi) is 3.21. The van der Waals surface area contributed by atoms with Crippen LogP contribution in [0.15, 0.2) is 12.1 Å². The maximum Gasteiger partial charge on any atom is 0.276 e. The van der Waals surface area contributed by atoms with Crippen molar-refractivity contribution in [1.82, 2.24) is 10.3 Å². The second kappa shape index (κ2) is 4.90. The molecule has 1 aromatic heterocycles. The number of piperidine rings is 1. The summed E-state index contributed by atoms with van der Waals surface area (Å²) in [6, 6.07) is 2.64. The number of fused-ring (bicyclic) bond motifs is 1. The van der Waals surface area contributed by atoms with Crippen LogP contribution in [0, 0.1) is 16.0 Å². The van der Waals surface area contributed by atoms with Gasteiger partial charge in [-0.2, -0.15) is 0 Å². The lowest BCUT2D eigenvalue weighted by atomic mass is 9.91. The highest BCUT2D eigenvalue weighted by atomic mass is 35.5. The van der Waals surface area contributed by atoms with Crippen LogP contribution in [0.4, 0.5) is 11.5 Å². The summed E-state index contributed by atoms with van der Waals surface area (Å²) in [5.41, 5.74) is -0.0839. The smallest absolute Gasteiger partial charge is 0.276 e. The van der Waals surface area contributed by atoms with Crippen LogP contribution in [0.25, 0.3) is 0 Å². The van der Waals surface area contributed by atoms with Crippen molar-refractivity contribution in [2.24, 2.45) is 5.92 Å². The van der Waals surface area contributed by atoms with Gasteiger partial charge in [-0.05, 0) is 12.8 Å².